The van der Waals surface area contributed by atoms with Gasteiger partial charge < -0.3 is 30.3 Å². The highest BCUT2D eigenvalue weighted by molar-refractivity contribution is 5.69. The van der Waals surface area contributed by atoms with E-state index in [1.807, 2.05) is 42.5 Å². The number of aromatic hydroxyl groups is 1. The Morgan fingerprint density at radius 2 is 1.10 bits per heavy atom. The van der Waals surface area contributed by atoms with Gasteiger partial charge in [0.25, 0.3) is 0 Å². The Morgan fingerprint density at radius 1 is 0.627 bits per heavy atom. The van der Waals surface area contributed by atoms with Crippen molar-refractivity contribution in [1.29, 1.82) is 0 Å². The summed E-state index contributed by atoms with van der Waals surface area (Å²) in [4.78, 5) is 19.6. The molecule has 0 saturated heterocycles. The molecule has 1 aromatic heterocycles. The molecule has 3 N–H and O–H groups in total. The average molecular weight is 792 g/mol. The third-order valence-corrected chi connectivity index (χ3v) is 10.4. The second-order valence-electron chi connectivity index (χ2n) is 16.4. The normalized spacial score (nSPS) is 12.0. The molecule has 9 nitrogen and oxygen atoms in total. The van der Waals surface area contributed by atoms with Crippen molar-refractivity contribution in [1.82, 2.24) is 15.0 Å². The molecule has 1 heterocycles. The van der Waals surface area contributed by atoms with Crippen LogP contribution in [0.4, 0.5) is 46.0 Å². The Labute approximate surface area is 351 Å². The molecule has 0 aliphatic heterocycles. The zero-order valence-electron chi connectivity index (χ0n) is 36.0. The van der Waals surface area contributed by atoms with E-state index in [0.29, 0.717) is 17.6 Å². The van der Waals surface area contributed by atoms with Gasteiger partial charge in [-0.25, -0.2) is 0 Å². The first kappa shape index (κ1) is 42.5. The summed E-state index contributed by atoms with van der Waals surface area (Å²) in [7, 11) is 0. The number of phenols is 1. The number of hydrogen-bond acceptors (Lipinski definition) is 9. The lowest BCUT2D eigenvalue weighted by atomic mass is 9.85. The number of ether oxygens (including phenoxy) is 1. The molecule has 0 fully saturated rings. The predicted octanol–water partition coefficient (Wildman–Crippen LogP) is 13.2. The van der Waals surface area contributed by atoms with E-state index in [0.717, 1.165) is 71.8 Å². The lowest BCUT2D eigenvalue weighted by molar-refractivity contribution is 0.0784. The summed E-state index contributed by atoms with van der Waals surface area (Å²) in [6.45, 7) is 17.2. The highest BCUT2D eigenvalue weighted by Crippen LogP contribution is 2.37. The van der Waals surface area contributed by atoms with Gasteiger partial charge in [-0.2, -0.15) is 15.0 Å². The topological polar surface area (TPSA) is 98.7 Å². The monoisotopic (exact) mass is 791 g/mol. The summed E-state index contributed by atoms with van der Waals surface area (Å²) in [5.41, 5.74) is 7.49. The highest BCUT2D eigenvalue weighted by Gasteiger charge is 2.30. The third-order valence-electron chi connectivity index (χ3n) is 10.4. The number of hydrogen-bond donors (Lipinski definition) is 3. The predicted molar refractivity (Wildman–Crippen MR) is 246 cm³/mol. The van der Waals surface area contributed by atoms with Crippen molar-refractivity contribution in [3.8, 4) is 11.8 Å². The molecule has 9 heteroatoms. The molecule has 0 aliphatic carbocycles. The fourth-order valence-corrected chi connectivity index (χ4v) is 7.48. The van der Waals surface area contributed by atoms with Crippen LogP contribution in [0.2, 0.25) is 0 Å². The van der Waals surface area contributed by atoms with E-state index in [1.165, 1.54) is 5.56 Å². The maximum absolute atomic E-state index is 10.6. The minimum atomic E-state index is -0.640. The van der Waals surface area contributed by atoms with Gasteiger partial charge in [-0.15, -0.1) is 0 Å². The van der Waals surface area contributed by atoms with Crippen LogP contribution in [0, 0.1) is 0 Å². The second kappa shape index (κ2) is 19.6. The van der Waals surface area contributed by atoms with Crippen LogP contribution in [0.25, 0.3) is 0 Å². The van der Waals surface area contributed by atoms with Crippen molar-refractivity contribution < 1.29 is 9.84 Å². The van der Waals surface area contributed by atoms with Crippen LogP contribution in [0.3, 0.4) is 0 Å². The van der Waals surface area contributed by atoms with Gasteiger partial charge >= 0.3 is 6.01 Å². The lowest BCUT2D eigenvalue weighted by Gasteiger charge is -2.33. The molecule has 59 heavy (non-hydrogen) atoms. The molecule has 6 aromatic rings. The lowest BCUT2D eigenvalue weighted by Crippen LogP contribution is -2.34. The first-order chi connectivity index (χ1) is 28.4. The van der Waals surface area contributed by atoms with Gasteiger partial charge in [0, 0.05) is 46.2 Å². The maximum Gasteiger partial charge on any atom is 0.323 e. The summed E-state index contributed by atoms with van der Waals surface area (Å²) in [5.74, 6) is 1.57. The first-order valence-corrected chi connectivity index (χ1v) is 21.1. The van der Waals surface area contributed by atoms with Crippen LogP contribution in [0.1, 0.15) is 98.1 Å². The number of benzene rings is 5. The van der Waals surface area contributed by atoms with E-state index in [4.69, 9.17) is 19.7 Å². The van der Waals surface area contributed by atoms with Crippen molar-refractivity contribution in [3.05, 3.63) is 139 Å². The summed E-state index contributed by atoms with van der Waals surface area (Å²) >= 11 is 0. The van der Waals surface area contributed by atoms with Gasteiger partial charge in [0.15, 0.2) is 0 Å². The molecule has 6 rings (SSSR count). The van der Waals surface area contributed by atoms with Crippen molar-refractivity contribution in [2.45, 2.75) is 111 Å². The Balaban J connectivity index is 1.36. The number of aryl methyl sites for hydroxylation is 1. The Morgan fingerprint density at radius 3 is 1.54 bits per heavy atom. The number of aromatic nitrogens is 3. The van der Waals surface area contributed by atoms with Gasteiger partial charge in [0.05, 0.1) is 0 Å². The largest absolute Gasteiger partial charge is 0.508 e. The third kappa shape index (κ3) is 11.3. The number of rotatable bonds is 19. The number of unbranched alkanes of at least 4 members (excludes halogenated alkanes) is 1. The van der Waals surface area contributed by atoms with Gasteiger partial charge in [0.1, 0.15) is 11.4 Å². The quantitative estimate of drug-likeness (QED) is 0.0740. The van der Waals surface area contributed by atoms with Gasteiger partial charge in [-0.1, -0.05) is 68.8 Å². The minimum Gasteiger partial charge on any atom is -0.508 e. The van der Waals surface area contributed by atoms with E-state index in [1.54, 1.807) is 0 Å². The standard InChI is InChI=1S/C50H61N7O2/c1-9-11-18-39-33-38(23-32-46(39)58)37(10-2)34-50(7,8)59-49-54-47(56(35(3)4)44-28-24-42(25-29-44)51-40-19-14-12-15-20-40)53-48(55-49)57(36(5)6)45-30-26-43(27-31-45)52-41-21-16-13-17-22-41/h12-17,19-33,35-37,51-52,58H,9-11,18,34H2,1-8H3. The van der Waals surface area contributed by atoms with E-state index in [2.05, 4.69) is 161 Å². The van der Waals surface area contributed by atoms with E-state index in [9.17, 15) is 5.11 Å². The Bertz CT molecular complexity index is 2090. The molecular formula is C50H61N7O2. The minimum absolute atomic E-state index is 0.00996. The van der Waals surface area contributed by atoms with Crippen molar-refractivity contribution in [2.24, 2.45) is 0 Å². The van der Waals surface area contributed by atoms with E-state index < -0.39 is 5.60 Å². The molecule has 0 saturated carbocycles. The second-order valence-corrected chi connectivity index (χ2v) is 16.4. The highest BCUT2D eigenvalue weighted by atomic mass is 16.5. The average Bonchev–Trinajstić information content (AvgIpc) is 3.21. The Kier molecular flexibility index (Phi) is 14.1. The van der Waals surface area contributed by atoms with Crippen molar-refractivity contribution in [2.75, 3.05) is 20.4 Å². The van der Waals surface area contributed by atoms with Gasteiger partial charge in [-0.3, -0.25) is 0 Å². The van der Waals surface area contributed by atoms with Crippen LogP contribution in [-0.4, -0.2) is 37.7 Å². The summed E-state index contributed by atoms with van der Waals surface area (Å²) in [6, 6.07) is 43.4. The number of para-hydroxylation sites is 2. The van der Waals surface area contributed by atoms with Gasteiger partial charge in [-0.05, 0) is 163 Å². The molecule has 5 aromatic carbocycles. The van der Waals surface area contributed by atoms with Crippen LogP contribution < -0.4 is 25.2 Å². The zero-order chi connectivity index (χ0) is 41.9. The number of anilines is 8. The van der Waals surface area contributed by atoms with Crippen LogP contribution in [0.5, 0.6) is 11.8 Å². The van der Waals surface area contributed by atoms with Crippen LogP contribution >= 0.6 is 0 Å². The Hall–Kier alpha value is -6.09. The molecule has 0 bridgehead atoms. The first-order valence-electron chi connectivity index (χ1n) is 21.1. The zero-order valence-corrected chi connectivity index (χ0v) is 36.0. The summed E-state index contributed by atoms with van der Waals surface area (Å²) in [6.07, 6.45) is 4.63. The molecular weight excluding hydrogens is 731 g/mol. The fraction of sp³-hybridized carbons (Fsp3) is 0.340. The molecule has 1 unspecified atom stereocenters. The SMILES string of the molecule is CCCCc1cc(C(CC)CC(C)(C)Oc2nc(N(c3ccc(Nc4ccccc4)cc3)C(C)C)nc(N(c3ccc(Nc4ccccc4)cc3)C(C)C)n2)ccc1O. The number of nitrogens with one attached hydrogen (secondary N) is 2. The smallest absolute Gasteiger partial charge is 0.323 e. The van der Waals surface area contributed by atoms with Crippen LogP contribution in [-0.2, 0) is 6.42 Å². The molecule has 0 radical (unpaired) electrons. The van der Waals surface area contributed by atoms with E-state index >= 15 is 0 Å². The number of phenolic OH excluding ortho intramolecular Hbond substituents is 1. The fourth-order valence-electron chi connectivity index (χ4n) is 7.48. The molecule has 0 amide bonds. The van der Waals surface area contributed by atoms with E-state index in [-0.39, 0.29) is 24.0 Å². The van der Waals surface area contributed by atoms with Gasteiger partial charge in [0.2, 0.25) is 11.9 Å². The molecule has 308 valence electrons. The maximum atomic E-state index is 10.6. The summed E-state index contributed by atoms with van der Waals surface area (Å²) in [5, 5.41) is 17.6. The molecule has 0 aliphatic rings. The summed E-state index contributed by atoms with van der Waals surface area (Å²) < 4.78 is 6.87. The molecule has 1 atom stereocenters. The van der Waals surface area contributed by atoms with Crippen LogP contribution in [0.15, 0.2) is 127 Å². The molecule has 0 spiro atoms. The van der Waals surface area contributed by atoms with Crippen molar-refractivity contribution >= 4 is 46.0 Å². The van der Waals surface area contributed by atoms with Crippen molar-refractivity contribution in [3.63, 3.8) is 0 Å². The number of nitrogens with zero attached hydrogens (tertiary/aromatic N) is 5.